The topological polar surface area (TPSA) is 9.23 Å². The zero-order valence-electron chi connectivity index (χ0n) is 11.7. The van der Waals surface area contributed by atoms with Crippen molar-refractivity contribution < 1.29 is 17.9 Å². The van der Waals surface area contributed by atoms with Crippen molar-refractivity contribution in [2.45, 2.75) is 24.9 Å². The van der Waals surface area contributed by atoms with Gasteiger partial charge in [-0.3, -0.25) is 0 Å². The highest BCUT2D eigenvalue weighted by Crippen LogP contribution is 2.38. The van der Waals surface area contributed by atoms with E-state index in [-0.39, 0.29) is 12.0 Å². The molecular weight excluding hydrogens is 277 g/mol. The Balaban J connectivity index is 2.14. The van der Waals surface area contributed by atoms with E-state index in [1.165, 1.54) is 19.2 Å². The largest absolute Gasteiger partial charge is 0.497 e. The van der Waals surface area contributed by atoms with E-state index in [4.69, 9.17) is 4.74 Å². The molecule has 21 heavy (non-hydrogen) atoms. The van der Waals surface area contributed by atoms with Gasteiger partial charge in [0.05, 0.1) is 13.0 Å². The maximum atomic E-state index is 13.3. The monoisotopic (exact) mass is 294 g/mol. The molecule has 2 aromatic rings. The molecule has 0 aliphatic carbocycles. The molecule has 0 aliphatic rings. The first kappa shape index (κ1) is 15.4. The lowest BCUT2D eigenvalue weighted by atomic mass is 9.92. The van der Waals surface area contributed by atoms with Gasteiger partial charge in [-0.05, 0) is 36.1 Å². The van der Waals surface area contributed by atoms with Crippen molar-refractivity contribution in [2.24, 2.45) is 0 Å². The molecule has 0 fully saturated rings. The molecule has 0 amide bonds. The Morgan fingerprint density at radius 2 is 1.57 bits per heavy atom. The van der Waals surface area contributed by atoms with E-state index in [2.05, 4.69) is 0 Å². The van der Waals surface area contributed by atoms with Crippen LogP contribution in [0.25, 0.3) is 0 Å². The Morgan fingerprint density at radius 1 is 0.952 bits per heavy atom. The second kappa shape index (κ2) is 6.66. The molecule has 0 saturated carbocycles. The lowest BCUT2D eigenvalue weighted by molar-refractivity contribution is -0.151. The fraction of sp³-hybridized carbons (Fsp3) is 0.294. The standard InChI is InChI=1S/C17H17F3O/c1-21-15-10-8-14(9-11-15)16(17(18,19)20)12-7-13-5-3-2-4-6-13/h2-6,8-11,16H,7,12H2,1H3/t16-/m1/s1. The first-order chi connectivity index (χ1) is 10.0. The summed E-state index contributed by atoms with van der Waals surface area (Å²) in [6, 6.07) is 15.3. The Kier molecular flexibility index (Phi) is 4.89. The molecule has 1 atom stereocenters. The third kappa shape index (κ3) is 4.25. The van der Waals surface area contributed by atoms with Crippen LogP contribution in [0.5, 0.6) is 5.75 Å². The SMILES string of the molecule is COc1ccc([C@@H](CCc2ccccc2)C(F)(F)F)cc1. The van der Waals surface area contributed by atoms with Crippen LogP contribution >= 0.6 is 0 Å². The van der Waals surface area contributed by atoms with Gasteiger partial charge in [0.1, 0.15) is 5.75 Å². The van der Waals surface area contributed by atoms with Crippen LogP contribution in [0.3, 0.4) is 0 Å². The Labute approximate surface area is 122 Å². The maximum Gasteiger partial charge on any atom is 0.395 e. The number of benzene rings is 2. The quantitative estimate of drug-likeness (QED) is 0.756. The van der Waals surface area contributed by atoms with E-state index < -0.39 is 12.1 Å². The van der Waals surface area contributed by atoms with Crippen molar-refractivity contribution in [2.75, 3.05) is 7.11 Å². The van der Waals surface area contributed by atoms with Crippen molar-refractivity contribution in [1.82, 2.24) is 0 Å². The third-order valence-corrected chi connectivity index (χ3v) is 3.48. The van der Waals surface area contributed by atoms with E-state index in [0.29, 0.717) is 12.2 Å². The maximum absolute atomic E-state index is 13.3. The summed E-state index contributed by atoms with van der Waals surface area (Å²) >= 11 is 0. The first-order valence-corrected chi connectivity index (χ1v) is 6.75. The van der Waals surface area contributed by atoms with Gasteiger partial charge in [-0.1, -0.05) is 42.5 Å². The lowest BCUT2D eigenvalue weighted by Gasteiger charge is -2.21. The number of alkyl halides is 3. The van der Waals surface area contributed by atoms with Gasteiger partial charge >= 0.3 is 6.18 Å². The molecule has 0 saturated heterocycles. The molecule has 0 heterocycles. The van der Waals surface area contributed by atoms with Crippen molar-refractivity contribution >= 4 is 0 Å². The molecule has 0 N–H and O–H groups in total. The van der Waals surface area contributed by atoms with E-state index in [1.807, 2.05) is 30.3 Å². The number of hydrogen-bond acceptors (Lipinski definition) is 1. The van der Waals surface area contributed by atoms with E-state index in [0.717, 1.165) is 5.56 Å². The van der Waals surface area contributed by atoms with Crippen molar-refractivity contribution in [3.8, 4) is 5.75 Å². The van der Waals surface area contributed by atoms with Crippen molar-refractivity contribution in [1.29, 1.82) is 0 Å². The molecule has 4 heteroatoms. The summed E-state index contributed by atoms with van der Waals surface area (Å²) in [4.78, 5) is 0. The summed E-state index contributed by atoms with van der Waals surface area (Å²) in [5, 5.41) is 0. The molecule has 112 valence electrons. The van der Waals surface area contributed by atoms with Crippen LogP contribution in [0.2, 0.25) is 0 Å². The average Bonchev–Trinajstić information content (AvgIpc) is 2.48. The third-order valence-electron chi connectivity index (χ3n) is 3.48. The number of ether oxygens (including phenoxy) is 1. The van der Waals surface area contributed by atoms with Crippen LogP contribution in [0, 0.1) is 0 Å². The van der Waals surface area contributed by atoms with Gasteiger partial charge in [-0.15, -0.1) is 0 Å². The van der Waals surface area contributed by atoms with E-state index in [1.54, 1.807) is 12.1 Å². The molecule has 1 nitrogen and oxygen atoms in total. The van der Waals surface area contributed by atoms with Gasteiger partial charge in [0, 0.05) is 0 Å². The predicted molar refractivity (Wildman–Crippen MR) is 76.6 cm³/mol. The van der Waals surface area contributed by atoms with Crippen LogP contribution in [-0.4, -0.2) is 13.3 Å². The van der Waals surface area contributed by atoms with Gasteiger partial charge in [0.15, 0.2) is 0 Å². The summed E-state index contributed by atoms with van der Waals surface area (Å²) in [6.45, 7) is 0. The van der Waals surface area contributed by atoms with Crippen LogP contribution in [0.4, 0.5) is 13.2 Å². The Bertz CT molecular complexity index is 546. The summed E-state index contributed by atoms with van der Waals surface area (Å²) in [7, 11) is 1.49. The second-order valence-corrected chi connectivity index (χ2v) is 4.89. The van der Waals surface area contributed by atoms with Gasteiger partial charge in [0.2, 0.25) is 0 Å². The van der Waals surface area contributed by atoms with E-state index >= 15 is 0 Å². The fourth-order valence-electron chi connectivity index (χ4n) is 2.31. The Morgan fingerprint density at radius 3 is 2.10 bits per heavy atom. The number of rotatable bonds is 5. The summed E-state index contributed by atoms with van der Waals surface area (Å²) in [6.07, 6.45) is -3.81. The molecule has 0 spiro atoms. The number of methoxy groups -OCH3 is 1. The summed E-state index contributed by atoms with van der Waals surface area (Å²) in [5.74, 6) is -0.897. The minimum atomic E-state index is -4.25. The molecule has 2 aromatic carbocycles. The molecule has 0 radical (unpaired) electrons. The molecule has 0 aromatic heterocycles. The van der Waals surface area contributed by atoms with Gasteiger partial charge in [-0.25, -0.2) is 0 Å². The smallest absolute Gasteiger partial charge is 0.395 e. The normalized spacial score (nSPS) is 13.0. The number of aryl methyl sites for hydroxylation is 1. The zero-order valence-corrected chi connectivity index (χ0v) is 11.7. The first-order valence-electron chi connectivity index (χ1n) is 6.75. The number of hydrogen-bond donors (Lipinski definition) is 0. The molecule has 0 bridgehead atoms. The van der Waals surface area contributed by atoms with Gasteiger partial charge in [-0.2, -0.15) is 13.2 Å². The van der Waals surface area contributed by atoms with Crippen molar-refractivity contribution in [3.63, 3.8) is 0 Å². The predicted octanol–water partition coefficient (Wildman–Crippen LogP) is 4.97. The van der Waals surface area contributed by atoms with Crippen LogP contribution in [0.15, 0.2) is 54.6 Å². The second-order valence-electron chi connectivity index (χ2n) is 4.89. The molecule has 2 rings (SSSR count). The highest BCUT2D eigenvalue weighted by atomic mass is 19.4. The summed E-state index contributed by atoms with van der Waals surface area (Å²) in [5.41, 5.74) is 1.19. The highest BCUT2D eigenvalue weighted by molar-refractivity contribution is 5.30. The van der Waals surface area contributed by atoms with E-state index in [9.17, 15) is 13.2 Å². The fourth-order valence-corrected chi connectivity index (χ4v) is 2.31. The van der Waals surface area contributed by atoms with Gasteiger partial charge < -0.3 is 4.74 Å². The summed E-state index contributed by atoms with van der Waals surface area (Å²) < 4.78 is 44.8. The number of halogens is 3. The highest BCUT2D eigenvalue weighted by Gasteiger charge is 2.40. The molecule has 0 aliphatic heterocycles. The Hall–Kier alpha value is -1.97. The minimum absolute atomic E-state index is 0.0415. The zero-order chi connectivity index (χ0) is 15.3. The minimum Gasteiger partial charge on any atom is -0.497 e. The van der Waals surface area contributed by atoms with Crippen LogP contribution in [0.1, 0.15) is 23.5 Å². The van der Waals surface area contributed by atoms with Gasteiger partial charge in [0.25, 0.3) is 0 Å². The van der Waals surface area contributed by atoms with Crippen molar-refractivity contribution in [3.05, 3.63) is 65.7 Å². The lowest BCUT2D eigenvalue weighted by Crippen LogP contribution is -2.21. The van der Waals surface area contributed by atoms with Crippen LogP contribution in [-0.2, 0) is 6.42 Å². The van der Waals surface area contributed by atoms with Crippen LogP contribution < -0.4 is 4.74 Å². The average molecular weight is 294 g/mol. The molecular formula is C17H17F3O. The molecule has 0 unspecified atom stereocenters.